The zero-order valence-corrected chi connectivity index (χ0v) is 11.2. The molecule has 0 saturated carbocycles. The second-order valence-corrected chi connectivity index (χ2v) is 4.61. The molecule has 8 nitrogen and oxygen atoms in total. The van der Waals surface area contributed by atoms with Gasteiger partial charge in [0.2, 0.25) is 5.91 Å². The summed E-state index contributed by atoms with van der Waals surface area (Å²) in [6.45, 7) is 2.17. The van der Waals surface area contributed by atoms with E-state index in [2.05, 4.69) is 20.8 Å². The lowest BCUT2D eigenvalue weighted by Gasteiger charge is -2.12. The molecule has 3 N–H and O–H groups in total. The Morgan fingerprint density at radius 1 is 1.50 bits per heavy atom. The lowest BCUT2D eigenvalue weighted by Crippen LogP contribution is -2.41. The number of aryl methyl sites for hydroxylation is 2. The molecule has 2 heterocycles. The average Bonchev–Trinajstić information content (AvgIpc) is 2.95. The molecular formula is C12H17N5O3. The molecular weight excluding hydrogens is 262 g/mol. The number of aromatic amines is 1. The Morgan fingerprint density at radius 3 is 2.90 bits per heavy atom. The third kappa shape index (κ3) is 3.34. The molecule has 0 aliphatic carbocycles. The molecule has 1 saturated heterocycles. The first-order chi connectivity index (χ1) is 9.58. The summed E-state index contributed by atoms with van der Waals surface area (Å²) in [6, 6.07) is -0.515. The molecule has 8 heteroatoms. The lowest BCUT2D eigenvalue weighted by atomic mass is 10.1. The van der Waals surface area contributed by atoms with Gasteiger partial charge in [-0.15, -0.1) is 0 Å². The summed E-state index contributed by atoms with van der Waals surface area (Å²) in [5.74, 6) is -0.710. The Kier molecular flexibility index (Phi) is 4.34. The normalized spacial score (nSPS) is 14.6. The van der Waals surface area contributed by atoms with Gasteiger partial charge in [-0.3, -0.25) is 19.6 Å². The molecule has 0 atom stereocenters. The van der Waals surface area contributed by atoms with Crippen LogP contribution < -0.4 is 10.6 Å². The van der Waals surface area contributed by atoms with E-state index in [-0.39, 0.29) is 24.9 Å². The van der Waals surface area contributed by atoms with Crippen molar-refractivity contribution < 1.29 is 14.4 Å². The van der Waals surface area contributed by atoms with E-state index in [1.54, 1.807) is 6.20 Å². The van der Waals surface area contributed by atoms with E-state index in [0.29, 0.717) is 6.54 Å². The smallest absolute Gasteiger partial charge is 0.325 e. The van der Waals surface area contributed by atoms with Gasteiger partial charge in [0.1, 0.15) is 6.54 Å². The topological polar surface area (TPSA) is 107 Å². The van der Waals surface area contributed by atoms with E-state index < -0.39 is 6.03 Å². The van der Waals surface area contributed by atoms with Crippen molar-refractivity contribution >= 4 is 17.8 Å². The third-order valence-electron chi connectivity index (χ3n) is 3.12. The predicted molar refractivity (Wildman–Crippen MR) is 69.8 cm³/mol. The maximum atomic E-state index is 11.6. The lowest BCUT2D eigenvalue weighted by molar-refractivity contribution is -0.130. The summed E-state index contributed by atoms with van der Waals surface area (Å²) in [5, 5.41) is 11.8. The number of hydrogen-bond donors (Lipinski definition) is 3. The molecule has 1 aromatic rings. The Hall–Kier alpha value is -2.38. The van der Waals surface area contributed by atoms with Gasteiger partial charge in [-0.1, -0.05) is 0 Å². The number of urea groups is 1. The second-order valence-electron chi connectivity index (χ2n) is 4.61. The van der Waals surface area contributed by atoms with Crippen LogP contribution in [0.4, 0.5) is 4.79 Å². The van der Waals surface area contributed by atoms with Gasteiger partial charge in [-0.2, -0.15) is 5.10 Å². The Labute approximate surface area is 115 Å². The summed E-state index contributed by atoms with van der Waals surface area (Å²) >= 11 is 0. The highest BCUT2D eigenvalue weighted by atomic mass is 16.2. The standard InChI is InChI=1S/C12H17N5O3/c1-8-9(5-15-16-8)3-2-4-13-10(18)7-17-11(19)6-14-12(17)20/h5H,2-4,6-7H2,1H3,(H,13,18)(H,14,20)(H,15,16). The fourth-order valence-corrected chi connectivity index (χ4v) is 1.95. The molecule has 4 amide bonds. The summed E-state index contributed by atoms with van der Waals surface area (Å²) < 4.78 is 0. The first-order valence-electron chi connectivity index (χ1n) is 6.41. The van der Waals surface area contributed by atoms with Crippen molar-refractivity contribution in [2.45, 2.75) is 19.8 Å². The summed E-state index contributed by atoms with van der Waals surface area (Å²) in [4.78, 5) is 35.1. The van der Waals surface area contributed by atoms with Crippen LogP contribution in [-0.2, 0) is 16.0 Å². The van der Waals surface area contributed by atoms with Crippen LogP contribution in [-0.4, -0.2) is 52.6 Å². The van der Waals surface area contributed by atoms with Crippen molar-refractivity contribution in [3.8, 4) is 0 Å². The molecule has 0 unspecified atom stereocenters. The largest absolute Gasteiger partial charge is 0.355 e. The first kappa shape index (κ1) is 14.0. The molecule has 108 valence electrons. The van der Waals surface area contributed by atoms with E-state index in [4.69, 9.17) is 0 Å². The van der Waals surface area contributed by atoms with Gasteiger partial charge >= 0.3 is 6.03 Å². The fraction of sp³-hybridized carbons (Fsp3) is 0.500. The Morgan fingerprint density at radius 2 is 2.30 bits per heavy atom. The van der Waals surface area contributed by atoms with Crippen LogP contribution in [0.3, 0.4) is 0 Å². The molecule has 20 heavy (non-hydrogen) atoms. The fourth-order valence-electron chi connectivity index (χ4n) is 1.95. The number of hydrogen-bond acceptors (Lipinski definition) is 4. The third-order valence-corrected chi connectivity index (χ3v) is 3.12. The number of carbonyl (C=O) groups excluding carboxylic acids is 3. The number of nitrogens with zero attached hydrogens (tertiary/aromatic N) is 2. The van der Waals surface area contributed by atoms with Crippen molar-refractivity contribution in [3.63, 3.8) is 0 Å². The van der Waals surface area contributed by atoms with Crippen molar-refractivity contribution in [1.29, 1.82) is 0 Å². The predicted octanol–water partition coefficient (Wildman–Crippen LogP) is -0.681. The van der Waals surface area contributed by atoms with Crippen molar-refractivity contribution in [1.82, 2.24) is 25.7 Å². The van der Waals surface area contributed by atoms with Crippen LogP contribution in [0.15, 0.2) is 6.20 Å². The number of nitrogens with one attached hydrogen (secondary N) is 3. The zero-order chi connectivity index (χ0) is 14.5. The minimum absolute atomic E-state index is 0.0358. The van der Waals surface area contributed by atoms with Crippen molar-refractivity contribution in [2.75, 3.05) is 19.6 Å². The van der Waals surface area contributed by atoms with E-state index >= 15 is 0 Å². The van der Waals surface area contributed by atoms with Gasteiger partial charge in [0.15, 0.2) is 0 Å². The van der Waals surface area contributed by atoms with Gasteiger partial charge in [0.25, 0.3) is 5.91 Å². The van der Waals surface area contributed by atoms with Crippen LogP contribution >= 0.6 is 0 Å². The number of H-pyrrole nitrogens is 1. The molecule has 0 spiro atoms. The summed E-state index contributed by atoms with van der Waals surface area (Å²) in [6.07, 6.45) is 3.35. The Bertz CT molecular complexity index is 509. The van der Waals surface area contributed by atoms with E-state index in [9.17, 15) is 14.4 Å². The molecule has 1 aromatic heterocycles. The average molecular weight is 279 g/mol. The molecule has 2 rings (SSSR count). The number of amides is 4. The van der Waals surface area contributed by atoms with Crippen LogP contribution in [0.1, 0.15) is 17.7 Å². The SMILES string of the molecule is Cc1[nH]ncc1CCCNC(=O)CN1C(=O)CNC1=O. The second kappa shape index (κ2) is 6.18. The monoisotopic (exact) mass is 279 g/mol. The van der Waals surface area contributed by atoms with Crippen LogP contribution in [0.2, 0.25) is 0 Å². The van der Waals surface area contributed by atoms with Crippen LogP contribution in [0.5, 0.6) is 0 Å². The maximum absolute atomic E-state index is 11.6. The highest BCUT2D eigenvalue weighted by Crippen LogP contribution is 2.05. The van der Waals surface area contributed by atoms with E-state index in [1.165, 1.54) is 0 Å². The van der Waals surface area contributed by atoms with Gasteiger partial charge in [0.05, 0.1) is 12.7 Å². The van der Waals surface area contributed by atoms with Gasteiger partial charge in [-0.05, 0) is 25.3 Å². The van der Waals surface area contributed by atoms with E-state index in [1.807, 2.05) is 6.92 Å². The Balaban J connectivity index is 1.67. The highest BCUT2D eigenvalue weighted by molar-refractivity contribution is 6.04. The van der Waals surface area contributed by atoms with Gasteiger partial charge in [0, 0.05) is 12.2 Å². The van der Waals surface area contributed by atoms with E-state index in [0.717, 1.165) is 29.0 Å². The highest BCUT2D eigenvalue weighted by Gasteiger charge is 2.29. The number of rotatable bonds is 6. The maximum Gasteiger partial charge on any atom is 0.325 e. The van der Waals surface area contributed by atoms with Gasteiger partial charge in [-0.25, -0.2) is 4.79 Å². The molecule has 1 aliphatic heterocycles. The molecule has 0 aromatic carbocycles. The quantitative estimate of drug-likeness (QED) is 0.473. The van der Waals surface area contributed by atoms with Crippen LogP contribution in [0.25, 0.3) is 0 Å². The minimum Gasteiger partial charge on any atom is -0.355 e. The first-order valence-corrected chi connectivity index (χ1v) is 6.41. The molecule has 1 fully saturated rings. The minimum atomic E-state index is -0.515. The number of aromatic nitrogens is 2. The van der Waals surface area contributed by atoms with Crippen LogP contribution in [0, 0.1) is 6.92 Å². The molecule has 0 radical (unpaired) electrons. The summed E-state index contributed by atoms with van der Waals surface area (Å²) in [7, 11) is 0. The molecule has 0 bridgehead atoms. The number of imide groups is 1. The molecule has 1 aliphatic rings. The zero-order valence-electron chi connectivity index (χ0n) is 11.2. The summed E-state index contributed by atoms with van der Waals surface area (Å²) in [5.41, 5.74) is 2.14. The number of carbonyl (C=O) groups is 3. The van der Waals surface area contributed by atoms with Crippen molar-refractivity contribution in [2.24, 2.45) is 0 Å². The van der Waals surface area contributed by atoms with Crippen molar-refractivity contribution in [3.05, 3.63) is 17.5 Å². The van der Waals surface area contributed by atoms with Gasteiger partial charge < -0.3 is 10.6 Å².